The van der Waals surface area contributed by atoms with Crippen LogP contribution in [0.3, 0.4) is 0 Å². The minimum Gasteiger partial charge on any atom is -0.493 e. The molecule has 0 fully saturated rings. The lowest BCUT2D eigenvalue weighted by atomic mass is 9.83. The van der Waals surface area contributed by atoms with E-state index in [1.54, 1.807) is 35.2 Å². The molecule has 2 aromatic carbocycles. The molecular formula is C36H35NO11S3. The lowest BCUT2D eigenvalue weighted by molar-refractivity contribution is -0.138. The number of carbonyl (C=O) groups is 5. The smallest absolute Gasteiger partial charge is 0.345 e. The fourth-order valence-electron chi connectivity index (χ4n) is 6.02. The number of nitrogens with zero attached hydrogens (tertiary/aromatic N) is 1. The predicted molar refractivity (Wildman–Crippen MR) is 196 cm³/mol. The maximum atomic E-state index is 14.4. The molecule has 0 saturated carbocycles. The van der Waals surface area contributed by atoms with E-state index in [0.29, 0.717) is 38.8 Å². The minimum absolute atomic E-state index is 0.123. The third-order valence-corrected chi connectivity index (χ3v) is 13.0. The number of rotatable bonds is 8. The summed E-state index contributed by atoms with van der Waals surface area (Å²) in [5, 5.41) is 0. The largest absolute Gasteiger partial charge is 0.493 e. The highest BCUT2D eigenvalue weighted by molar-refractivity contribution is 8.26. The van der Waals surface area contributed by atoms with Crippen molar-refractivity contribution in [3.63, 3.8) is 0 Å². The van der Waals surface area contributed by atoms with Crippen LogP contribution < -0.4 is 14.4 Å². The Balaban J connectivity index is 1.79. The predicted octanol–water partition coefficient (Wildman–Crippen LogP) is 5.64. The first-order valence-corrected chi connectivity index (χ1v) is 17.7. The molecule has 0 aliphatic carbocycles. The molecule has 0 aromatic heterocycles. The van der Waals surface area contributed by atoms with Gasteiger partial charge >= 0.3 is 23.9 Å². The average molecular weight is 754 g/mol. The van der Waals surface area contributed by atoms with Crippen molar-refractivity contribution < 1.29 is 52.4 Å². The normalized spacial score (nSPS) is 17.2. The highest BCUT2D eigenvalue weighted by Crippen LogP contribution is 2.71. The molecule has 3 aliphatic rings. The topological polar surface area (TPSA) is 144 Å². The molecule has 1 amide bonds. The summed E-state index contributed by atoms with van der Waals surface area (Å²) in [6.45, 7) is 5.49. The summed E-state index contributed by atoms with van der Waals surface area (Å²) in [6, 6.07) is 10.8. The summed E-state index contributed by atoms with van der Waals surface area (Å²) in [6.07, 6.45) is 3.09. The Morgan fingerprint density at radius 2 is 1.27 bits per heavy atom. The van der Waals surface area contributed by atoms with Gasteiger partial charge < -0.3 is 28.4 Å². The molecule has 0 radical (unpaired) electrons. The van der Waals surface area contributed by atoms with Crippen LogP contribution in [-0.2, 0) is 42.9 Å². The molecule has 0 atom stereocenters. The molecule has 12 nitrogen and oxygen atoms in total. The van der Waals surface area contributed by atoms with Crippen LogP contribution >= 0.6 is 35.3 Å². The van der Waals surface area contributed by atoms with Gasteiger partial charge in [0.15, 0.2) is 11.5 Å². The zero-order valence-corrected chi connectivity index (χ0v) is 31.7. The van der Waals surface area contributed by atoms with E-state index < -0.39 is 33.5 Å². The molecule has 1 spiro atoms. The van der Waals surface area contributed by atoms with Crippen LogP contribution in [0, 0.1) is 6.92 Å². The van der Waals surface area contributed by atoms with Crippen molar-refractivity contribution in [3.8, 4) is 11.5 Å². The first kappa shape index (κ1) is 37.7. The lowest BCUT2D eigenvalue weighted by Gasteiger charge is -2.50. The average Bonchev–Trinajstić information content (AvgIpc) is 3.52. The lowest BCUT2D eigenvalue weighted by Crippen LogP contribution is -2.53. The molecule has 15 heteroatoms. The van der Waals surface area contributed by atoms with Crippen LogP contribution in [0.1, 0.15) is 30.5 Å². The van der Waals surface area contributed by atoms with Gasteiger partial charge in [-0.3, -0.25) is 9.69 Å². The maximum Gasteiger partial charge on any atom is 0.345 e. The summed E-state index contributed by atoms with van der Waals surface area (Å²) < 4.78 is 29.6. The second-order valence-corrected chi connectivity index (χ2v) is 15.4. The Hall–Kier alpha value is -4.60. The molecule has 5 rings (SSSR count). The number of ether oxygens (including phenoxy) is 6. The van der Waals surface area contributed by atoms with E-state index >= 15 is 0 Å². The summed E-state index contributed by atoms with van der Waals surface area (Å²) >= 11 is 2.71. The molecule has 0 N–H and O–H groups in total. The molecule has 268 valence electrons. The van der Waals surface area contributed by atoms with Crippen molar-refractivity contribution in [2.45, 2.75) is 30.4 Å². The number of esters is 4. The molecule has 3 aliphatic heterocycles. The fraction of sp³-hybridized carbons (Fsp3) is 0.306. The summed E-state index contributed by atoms with van der Waals surface area (Å²) in [5.41, 5.74) is 1.68. The summed E-state index contributed by atoms with van der Waals surface area (Å²) in [4.78, 5) is 70.0. The number of thioether (sulfide) groups is 3. The first-order valence-electron chi connectivity index (χ1n) is 15.2. The fourth-order valence-corrected chi connectivity index (χ4v) is 11.1. The van der Waals surface area contributed by atoms with Crippen molar-refractivity contribution in [2.75, 3.05) is 47.6 Å². The van der Waals surface area contributed by atoms with E-state index in [1.165, 1.54) is 48.7 Å². The van der Waals surface area contributed by atoms with Gasteiger partial charge in [-0.1, -0.05) is 53.0 Å². The zero-order valence-electron chi connectivity index (χ0n) is 29.3. The number of hydrogen-bond donors (Lipinski definition) is 0. The number of methoxy groups -OCH3 is 6. The van der Waals surface area contributed by atoms with Crippen molar-refractivity contribution in [2.24, 2.45) is 0 Å². The molecule has 0 bridgehead atoms. The van der Waals surface area contributed by atoms with Gasteiger partial charge in [-0.2, -0.15) is 0 Å². The van der Waals surface area contributed by atoms with Gasteiger partial charge in [-0.25, -0.2) is 19.2 Å². The molecular weight excluding hydrogens is 719 g/mol. The minimum atomic E-state index is -1.67. The number of benzene rings is 2. The second kappa shape index (κ2) is 14.6. The Kier molecular flexibility index (Phi) is 10.7. The second-order valence-electron chi connectivity index (χ2n) is 11.7. The third kappa shape index (κ3) is 6.31. The number of fused-ring (bicyclic) bond motifs is 3. The van der Waals surface area contributed by atoms with Crippen LogP contribution in [0.4, 0.5) is 5.69 Å². The van der Waals surface area contributed by atoms with Gasteiger partial charge in [-0.05, 0) is 56.7 Å². The standard InChI is InChI=1S/C36H35NO11S3/c1-18-10-13-21-20(16-18)25-30(35(2,3)37(21)24(38)15-12-19-11-14-22(43-4)23(17-19)44-5)49-27(32(40)46-7)26(31(39)45-6)36(25)50-28(33(41)47-8)29(51-36)34(42)48-9/h10-17H,1-9H3/b15-12-. The molecule has 51 heavy (non-hydrogen) atoms. The van der Waals surface area contributed by atoms with Crippen LogP contribution in [0.25, 0.3) is 11.6 Å². The Labute approximate surface area is 307 Å². The van der Waals surface area contributed by atoms with E-state index in [-0.39, 0.29) is 26.2 Å². The molecule has 0 unspecified atom stereocenters. The van der Waals surface area contributed by atoms with Crippen LogP contribution in [0.15, 0.2) is 67.7 Å². The van der Waals surface area contributed by atoms with E-state index in [0.717, 1.165) is 40.8 Å². The van der Waals surface area contributed by atoms with Gasteiger partial charge in [0.05, 0.1) is 59.5 Å². The third-order valence-electron chi connectivity index (χ3n) is 8.34. The Bertz CT molecular complexity index is 1960. The number of hydrogen-bond acceptors (Lipinski definition) is 14. The monoisotopic (exact) mass is 753 g/mol. The first-order chi connectivity index (χ1) is 24.2. The maximum absolute atomic E-state index is 14.4. The van der Waals surface area contributed by atoms with E-state index in [1.807, 2.05) is 32.9 Å². The highest BCUT2D eigenvalue weighted by Gasteiger charge is 2.61. The van der Waals surface area contributed by atoms with E-state index in [9.17, 15) is 24.0 Å². The van der Waals surface area contributed by atoms with Gasteiger partial charge in [0.2, 0.25) is 0 Å². The van der Waals surface area contributed by atoms with Gasteiger partial charge in [0, 0.05) is 22.1 Å². The number of carbonyl (C=O) groups excluding carboxylic acids is 5. The molecule has 0 saturated heterocycles. The van der Waals surface area contributed by atoms with Crippen molar-refractivity contribution in [3.05, 3.63) is 84.4 Å². The van der Waals surface area contributed by atoms with Crippen molar-refractivity contribution in [1.29, 1.82) is 0 Å². The van der Waals surface area contributed by atoms with Crippen molar-refractivity contribution >= 4 is 82.4 Å². The van der Waals surface area contributed by atoms with Gasteiger partial charge in [0.1, 0.15) is 18.8 Å². The summed E-state index contributed by atoms with van der Waals surface area (Å²) in [7, 11) is 7.73. The van der Waals surface area contributed by atoms with Gasteiger partial charge in [-0.15, -0.1) is 0 Å². The summed E-state index contributed by atoms with van der Waals surface area (Å²) in [5.74, 6) is -2.78. The molecule has 3 heterocycles. The molecule has 2 aromatic rings. The van der Waals surface area contributed by atoms with Crippen LogP contribution in [0.2, 0.25) is 0 Å². The Morgan fingerprint density at radius 1 is 0.706 bits per heavy atom. The number of amides is 1. The van der Waals surface area contributed by atoms with Crippen molar-refractivity contribution in [1.82, 2.24) is 0 Å². The van der Waals surface area contributed by atoms with Crippen LogP contribution in [0.5, 0.6) is 11.5 Å². The highest BCUT2D eigenvalue weighted by atomic mass is 32.2. The number of anilines is 1. The van der Waals surface area contributed by atoms with E-state index in [4.69, 9.17) is 28.4 Å². The Morgan fingerprint density at radius 3 is 1.82 bits per heavy atom. The zero-order chi connectivity index (χ0) is 37.4. The quantitative estimate of drug-likeness (QED) is 0.186. The number of aryl methyl sites for hydroxylation is 1. The van der Waals surface area contributed by atoms with E-state index in [2.05, 4.69) is 0 Å². The van der Waals surface area contributed by atoms with Gasteiger partial charge in [0.25, 0.3) is 5.91 Å². The SMILES string of the molecule is COC(=O)C1=C(C(=O)OC)SC2(S1)C(C(=O)OC)=C(C(=O)OC)SC1=C2c2cc(C)ccc2N(C(=O)/C=C\c2ccc(OC)c(OC)c2)C1(C)C. The van der Waals surface area contributed by atoms with Crippen LogP contribution in [-0.4, -0.2) is 82.1 Å².